The van der Waals surface area contributed by atoms with Crippen LogP contribution in [0.1, 0.15) is 25.7 Å². The molecule has 1 aromatic rings. The van der Waals surface area contributed by atoms with Crippen molar-refractivity contribution in [3.63, 3.8) is 0 Å². The van der Waals surface area contributed by atoms with E-state index in [0.29, 0.717) is 18.0 Å². The number of nitrogens with zero attached hydrogens (tertiary/aromatic N) is 1. The number of anilines is 1. The molecule has 2 rings (SSSR count). The fourth-order valence-electron chi connectivity index (χ4n) is 2.53. The smallest absolute Gasteiger partial charge is 0.260 e. The molecule has 20 heavy (non-hydrogen) atoms. The Morgan fingerprint density at radius 2 is 2.25 bits per heavy atom. The number of aliphatic hydroxyl groups excluding tert-OH is 1. The van der Waals surface area contributed by atoms with E-state index < -0.39 is 0 Å². The van der Waals surface area contributed by atoms with E-state index in [9.17, 15) is 9.90 Å². The first-order valence-electron chi connectivity index (χ1n) is 7.09. The SMILES string of the molecule is Nc1cccc(OCC(=O)N2CCCCCC2CO)c1. The highest BCUT2D eigenvalue weighted by Gasteiger charge is 2.24. The summed E-state index contributed by atoms with van der Waals surface area (Å²) in [7, 11) is 0. The van der Waals surface area contributed by atoms with Gasteiger partial charge in [-0.25, -0.2) is 0 Å². The molecule has 0 radical (unpaired) electrons. The van der Waals surface area contributed by atoms with Gasteiger partial charge in [0.25, 0.3) is 5.91 Å². The molecule has 1 aliphatic heterocycles. The Kier molecular flexibility index (Phi) is 5.24. The normalized spacial score (nSPS) is 19.4. The third-order valence-corrected chi connectivity index (χ3v) is 3.63. The fourth-order valence-corrected chi connectivity index (χ4v) is 2.53. The lowest BCUT2D eigenvalue weighted by molar-refractivity contribution is -0.136. The number of amides is 1. The minimum atomic E-state index is -0.0756. The molecule has 1 fully saturated rings. The zero-order chi connectivity index (χ0) is 14.4. The Morgan fingerprint density at radius 3 is 3.00 bits per heavy atom. The van der Waals surface area contributed by atoms with E-state index in [-0.39, 0.29) is 25.2 Å². The molecule has 0 spiro atoms. The molecule has 0 bridgehead atoms. The lowest BCUT2D eigenvalue weighted by Crippen LogP contribution is -2.44. The summed E-state index contributed by atoms with van der Waals surface area (Å²) in [5.41, 5.74) is 6.27. The van der Waals surface area contributed by atoms with Gasteiger partial charge in [-0.05, 0) is 25.0 Å². The Bertz CT molecular complexity index is 450. The predicted octanol–water partition coefficient (Wildman–Crippen LogP) is 1.41. The van der Waals surface area contributed by atoms with Crippen molar-refractivity contribution in [3.05, 3.63) is 24.3 Å². The zero-order valence-corrected chi connectivity index (χ0v) is 11.6. The Morgan fingerprint density at radius 1 is 1.40 bits per heavy atom. The van der Waals surface area contributed by atoms with Gasteiger partial charge in [0.15, 0.2) is 6.61 Å². The van der Waals surface area contributed by atoms with Crippen molar-refractivity contribution in [1.82, 2.24) is 4.90 Å². The molecule has 0 aliphatic carbocycles. The number of likely N-dealkylation sites (tertiary alicyclic amines) is 1. The molecular formula is C15H22N2O3. The van der Waals surface area contributed by atoms with Crippen molar-refractivity contribution in [2.45, 2.75) is 31.7 Å². The summed E-state index contributed by atoms with van der Waals surface area (Å²) in [5.74, 6) is 0.516. The number of hydrogen-bond acceptors (Lipinski definition) is 4. The minimum Gasteiger partial charge on any atom is -0.484 e. The van der Waals surface area contributed by atoms with Gasteiger partial charge in [0, 0.05) is 18.3 Å². The summed E-state index contributed by atoms with van der Waals surface area (Å²) in [6.07, 6.45) is 4.02. The zero-order valence-electron chi connectivity index (χ0n) is 11.6. The van der Waals surface area contributed by atoms with Crippen LogP contribution in [-0.2, 0) is 4.79 Å². The Balaban J connectivity index is 1.92. The van der Waals surface area contributed by atoms with Gasteiger partial charge in [0.2, 0.25) is 0 Å². The molecule has 1 saturated heterocycles. The van der Waals surface area contributed by atoms with Crippen molar-refractivity contribution < 1.29 is 14.6 Å². The van der Waals surface area contributed by atoms with Gasteiger partial charge in [-0.2, -0.15) is 0 Å². The fraction of sp³-hybridized carbons (Fsp3) is 0.533. The molecule has 1 aromatic carbocycles. The van der Waals surface area contributed by atoms with Crippen molar-refractivity contribution >= 4 is 11.6 Å². The summed E-state index contributed by atoms with van der Waals surface area (Å²) in [6, 6.07) is 6.95. The van der Waals surface area contributed by atoms with Gasteiger partial charge in [-0.3, -0.25) is 4.79 Å². The first-order chi connectivity index (χ1) is 9.70. The number of carbonyl (C=O) groups is 1. The number of aliphatic hydroxyl groups is 1. The summed E-state index contributed by atoms with van der Waals surface area (Å²) >= 11 is 0. The van der Waals surface area contributed by atoms with E-state index in [4.69, 9.17) is 10.5 Å². The average Bonchev–Trinajstić information content (AvgIpc) is 2.70. The topological polar surface area (TPSA) is 75.8 Å². The number of ether oxygens (including phenoxy) is 1. The molecule has 110 valence electrons. The molecule has 1 aliphatic rings. The van der Waals surface area contributed by atoms with Crippen LogP contribution >= 0.6 is 0 Å². The summed E-state index contributed by atoms with van der Waals surface area (Å²) in [5, 5.41) is 9.41. The van der Waals surface area contributed by atoms with Crippen LogP contribution in [0.3, 0.4) is 0 Å². The number of carbonyl (C=O) groups excluding carboxylic acids is 1. The van der Waals surface area contributed by atoms with Gasteiger partial charge in [-0.15, -0.1) is 0 Å². The van der Waals surface area contributed by atoms with Crippen molar-refractivity contribution in [1.29, 1.82) is 0 Å². The van der Waals surface area contributed by atoms with Gasteiger partial charge in [0.05, 0.1) is 12.6 Å². The standard InChI is InChI=1S/C15H22N2O3/c16-12-5-4-7-14(9-12)20-11-15(19)17-8-3-1-2-6-13(17)10-18/h4-5,7,9,13,18H,1-3,6,8,10-11,16H2. The molecule has 5 heteroatoms. The van der Waals surface area contributed by atoms with Crippen LogP contribution in [-0.4, -0.2) is 41.7 Å². The van der Waals surface area contributed by atoms with Crippen LogP contribution in [0.25, 0.3) is 0 Å². The van der Waals surface area contributed by atoms with Crippen LogP contribution in [0.15, 0.2) is 24.3 Å². The lowest BCUT2D eigenvalue weighted by atomic mass is 10.1. The van der Waals surface area contributed by atoms with Crippen molar-refractivity contribution in [3.8, 4) is 5.75 Å². The van der Waals surface area contributed by atoms with Crippen molar-refractivity contribution in [2.24, 2.45) is 0 Å². The molecule has 0 saturated carbocycles. The Labute approximate surface area is 119 Å². The van der Waals surface area contributed by atoms with Crippen LogP contribution in [0, 0.1) is 0 Å². The van der Waals surface area contributed by atoms with Crippen LogP contribution in [0.5, 0.6) is 5.75 Å². The highest BCUT2D eigenvalue weighted by Crippen LogP contribution is 2.18. The van der Waals surface area contributed by atoms with E-state index in [0.717, 1.165) is 25.7 Å². The number of rotatable bonds is 4. The quantitative estimate of drug-likeness (QED) is 0.817. The van der Waals surface area contributed by atoms with Gasteiger partial charge in [0.1, 0.15) is 5.75 Å². The van der Waals surface area contributed by atoms with E-state index in [2.05, 4.69) is 0 Å². The highest BCUT2D eigenvalue weighted by molar-refractivity contribution is 5.78. The van der Waals surface area contributed by atoms with Gasteiger partial charge >= 0.3 is 0 Å². The maximum Gasteiger partial charge on any atom is 0.260 e. The predicted molar refractivity (Wildman–Crippen MR) is 77.4 cm³/mol. The van der Waals surface area contributed by atoms with E-state index in [1.807, 2.05) is 0 Å². The molecule has 1 heterocycles. The third kappa shape index (κ3) is 3.87. The maximum absolute atomic E-state index is 12.2. The monoisotopic (exact) mass is 278 g/mol. The number of benzene rings is 1. The molecule has 1 unspecified atom stereocenters. The molecular weight excluding hydrogens is 256 g/mol. The molecule has 1 amide bonds. The first-order valence-corrected chi connectivity index (χ1v) is 7.09. The third-order valence-electron chi connectivity index (χ3n) is 3.63. The van der Waals surface area contributed by atoms with E-state index >= 15 is 0 Å². The number of nitrogen functional groups attached to an aromatic ring is 1. The second-order valence-electron chi connectivity index (χ2n) is 5.13. The lowest BCUT2D eigenvalue weighted by Gasteiger charge is -2.28. The van der Waals surface area contributed by atoms with Crippen LogP contribution < -0.4 is 10.5 Å². The largest absolute Gasteiger partial charge is 0.484 e. The van der Waals surface area contributed by atoms with Crippen molar-refractivity contribution in [2.75, 3.05) is 25.5 Å². The Hall–Kier alpha value is -1.75. The molecule has 1 atom stereocenters. The maximum atomic E-state index is 12.2. The van der Waals surface area contributed by atoms with E-state index in [1.165, 1.54) is 0 Å². The summed E-state index contributed by atoms with van der Waals surface area (Å²) < 4.78 is 5.48. The first kappa shape index (κ1) is 14.7. The highest BCUT2D eigenvalue weighted by atomic mass is 16.5. The van der Waals surface area contributed by atoms with E-state index in [1.54, 1.807) is 29.2 Å². The molecule has 3 N–H and O–H groups in total. The minimum absolute atomic E-state index is 0.0139. The second kappa shape index (κ2) is 7.14. The summed E-state index contributed by atoms with van der Waals surface area (Å²) in [4.78, 5) is 14.0. The second-order valence-corrected chi connectivity index (χ2v) is 5.13. The van der Waals surface area contributed by atoms with Gasteiger partial charge < -0.3 is 20.5 Å². The van der Waals surface area contributed by atoms with Crippen LogP contribution in [0.4, 0.5) is 5.69 Å². The molecule has 5 nitrogen and oxygen atoms in total. The summed E-state index contributed by atoms with van der Waals surface area (Å²) in [6.45, 7) is 0.703. The van der Waals surface area contributed by atoms with Crippen LogP contribution in [0.2, 0.25) is 0 Å². The number of hydrogen-bond donors (Lipinski definition) is 2. The molecule has 0 aromatic heterocycles. The number of nitrogens with two attached hydrogens (primary N) is 1. The van der Waals surface area contributed by atoms with Gasteiger partial charge in [-0.1, -0.05) is 18.9 Å². The average molecular weight is 278 g/mol.